The van der Waals surface area contributed by atoms with Crippen molar-refractivity contribution in [1.82, 2.24) is 14.8 Å². The molecule has 5 heteroatoms. The average molecular weight is 337 g/mol. The highest BCUT2D eigenvalue weighted by atomic mass is 32.2. The minimum absolute atomic E-state index is 0.784. The predicted molar refractivity (Wildman–Crippen MR) is 99.0 cm³/mol. The summed E-state index contributed by atoms with van der Waals surface area (Å²) < 4.78 is 7.31. The fraction of sp³-hybridized carbons (Fsp3) is 0.158. The van der Waals surface area contributed by atoms with Crippen LogP contribution in [0.4, 0.5) is 0 Å². The van der Waals surface area contributed by atoms with E-state index in [1.54, 1.807) is 18.9 Å². The Labute approximate surface area is 146 Å². The first-order valence-electron chi connectivity index (χ1n) is 7.63. The Bertz CT molecular complexity index is 823. The zero-order valence-electron chi connectivity index (χ0n) is 13.8. The molecule has 122 valence electrons. The topological polar surface area (TPSA) is 39.9 Å². The number of ether oxygens (including phenoxy) is 1. The maximum atomic E-state index is 5.23. The van der Waals surface area contributed by atoms with E-state index in [9.17, 15) is 0 Å². The van der Waals surface area contributed by atoms with Crippen molar-refractivity contribution in [2.45, 2.75) is 12.1 Å². The first kappa shape index (κ1) is 16.3. The van der Waals surface area contributed by atoms with Gasteiger partial charge in [0.15, 0.2) is 11.0 Å². The van der Waals surface area contributed by atoms with Gasteiger partial charge in [0.1, 0.15) is 5.75 Å². The van der Waals surface area contributed by atoms with Gasteiger partial charge in [-0.05, 0) is 43.3 Å². The van der Waals surface area contributed by atoms with Crippen LogP contribution in [0.2, 0.25) is 0 Å². The van der Waals surface area contributed by atoms with E-state index in [4.69, 9.17) is 4.74 Å². The Hall–Kier alpha value is -2.53. The Morgan fingerprint density at radius 3 is 2.42 bits per heavy atom. The number of aromatic nitrogens is 3. The molecule has 0 aliphatic heterocycles. The van der Waals surface area contributed by atoms with Gasteiger partial charge in [0.05, 0.1) is 7.11 Å². The van der Waals surface area contributed by atoms with Crippen LogP contribution in [0.15, 0.2) is 66.3 Å². The SMILES string of the molecule is C=CCSc1nnc(-c2ccc(OC)cc2)n1-c1ccc(C)cc1. The van der Waals surface area contributed by atoms with Gasteiger partial charge in [0.2, 0.25) is 0 Å². The summed E-state index contributed by atoms with van der Waals surface area (Å²) in [5, 5.41) is 9.63. The van der Waals surface area contributed by atoms with E-state index in [1.165, 1.54) is 5.56 Å². The fourth-order valence-electron chi connectivity index (χ4n) is 2.35. The maximum Gasteiger partial charge on any atom is 0.196 e. The number of methoxy groups -OCH3 is 1. The number of hydrogen-bond donors (Lipinski definition) is 0. The zero-order valence-corrected chi connectivity index (χ0v) is 14.6. The van der Waals surface area contributed by atoms with E-state index in [1.807, 2.05) is 30.3 Å². The van der Waals surface area contributed by atoms with Crippen LogP contribution in [0.1, 0.15) is 5.56 Å². The number of thioether (sulfide) groups is 1. The predicted octanol–water partition coefficient (Wildman–Crippen LogP) is 4.53. The number of rotatable bonds is 6. The molecule has 2 aromatic carbocycles. The molecule has 1 heterocycles. The van der Waals surface area contributed by atoms with Gasteiger partial charge in [-0.2, -0.15) is 0 Å². The monoisotopic (exact) mass is 337 g/mol. The summed E-state index contributed by atoms with van der Waals surface area (Å²) in [6.07, 6.45) is 1.87. The van der Waals surface area contributed by atoms with E-state index < -0.39 is 0 Å². The molecule has 3 rings (SSSR count). The van der Waals surface area contributed by atoms with Crippen molar-refractivity contribution >= 4 is 11.8 Å². The van der Waals surface area contributed by atoms with Crippen LogP contribution in [0, 0.1) is 6.92 Å². The molecule has 24 heavy (non-hydrogen) atoms. The maximum absolute atomic E-state index is 5.23. The third-order valence-electron chi connectivity index (χ3n) is 3.60. The van der Waals surface area contributed by atoms with E-state index in [0.717, 1.165) is 33.7 Å². The molecular weight excluding hydrogens is 318 g/mol. The van der Waals surface area contributed by atoms with Crippen molar-refractivity contribution in [2.75, 3.05) is 12.9 Å². The van der Waals surface area contributed by atoms with Crippen LogP contribution in [-0.2, 0) is 0 Å². The van der Waals surface area contributed by atoms with Crippen LogP contribution in [-0.4, -0.2) is 27.6 Å². The summed E-state index contributed by atoms with van der Waals surface area (Å²) in [5.41, 5.74) is 3.26. The standard InChI is InChI=1S/C19H19N3OS/c1-4-13-24-19-21-20-18(15-7-11-17(23-3)12-8-15)22(19)16-9-5-14(2)6-10-16/h4-12H,1,13H2,2-3H3. The van der Waals surface area contributed by atoms with Crippen molar-refractivity contribution < 1.29 is 4.74 Å². The fourth-order valence-corrected chi connectivity index (χ4v) is 3.04. The number of hydrogen-bond acceptors (Lipinski definition) is 4. The summed E-state index contributed by atoms with van der Waals surface area (Å²) in [6.45, 7) is 5.86. The molecule has 0 unspecified atom stereocenters. The third kappa shape index (κ3) is 3.36. The van der Waals surface area contributed by atoms with Crippen LogP contribution >= 0.6 is 11.8 Å². The summed E-state index contributed by atoms with van der Waals surface area (Å²) in [5.74, 6) is 2.42. The molecular formula is C19H19N3OS. The van der Waals surface area contributed by atoms with Gasteiger partial charge < -0.3 is 4.74 Å². The molecule has 0 fully saturated rings. The van der Waals surface area contributed by atoms with Gasteiger partial charge in [-0.3, -0.25) is 4.57 Å². The van der Waals surface area contributed by atoms with Crippen molar-refractivity contribution in [3.05, 3.63) is 66.7 Å². The number of nitrogens with zero attached hydrogens (tertiary/aromatic N) is 3. The Morgan fingerprint density at radius 2 is 1.79 bits per heavy atom. The molecule has 0 bridgehead atoms. The number of benzene rings is 2. The third-order valence-corrected chi connectivity index (χ3v) is 4.53. The van der Waals surface area contributed by atoms with E-state index in [2.05, 4.69) is 52.5 Å². The van der Waals surface area contributed by atoms with Crippen LogP contribution < -0.4 is 4.74 Å². The molecule has 0 amide bonds. The molecule has 0 aliphatic carbocycles. The van der Waals surface area contributed by atoms with Gasteiger partial charge in [0, 0.05) is 17.0 Å². The largest absolute Gasteiger partial charge is 0.497 e. The molecule has 0 spiro atoms. The lowest BCUT2D eigenvalue weighted by atomic mass is 10.2. The van der Waals surface area contributed by atoms with E-state index >= 15 is 0 Å². The normalized spacial score (nSPS) is 10.6. The molecule has 0 N–H and O–H groups in total. The summed E-state index contributed by atoms with van der Waals surface area (Å²) in [4.78, 5) is 0. The molecule has 3 aromatic rings. The minimum Gasteiger partial charge on any atom is -0.497 e. The Morgan fingerprint density at radius 1 is 1.08 bits per heavy atom. The van der Waals surface area contributed by atoms with Crippen molar-refractivity contribution in [3.63, 3.8) is 0 Å². The van der Waals surface area contributed by atoms with Crippen molar-refractivity contribution in [2.24, 2.45) is 0 Å². The second-order valence-corrected chi connectivity index (χ2v) is 6.29. The first-order chi connectivity index (χ1) is 11.7. The molecule has 0 saturated heterocycles. The molecule has 1 aromatic heterocycles. The Kier molecular flexibility index (Phi) is 5.01. The molecule has 0 radical (unpaired) electrons. The van der Waals surface area contributed by atoms with Gasteiger partial charge in [0.25, 0.3) is 0 Å². The van der Waals surface area contributed by atoms with Crippen LogP contribution in [0.3, 0.4) is 0 Å². The van der Waals surface area contributed by atoms with E-state index in [0.29, 0.717) is 0 Å². The smallest absolute Gasteiger partial charge is 0.196 e. The van der Waals surface area contributed by atoms with E-state index in [-0.39, 0.29) is 0 Å². The van der Waals surface area contributed by atoms with Crippen LogP contribution in [0.25, 0.3) is 17.1 Å². The van der Waals surface area contributed by atoms with Gasteiger partial charge >= 0.3 is 0 Å². The Balaban J connectivity index is 2.09. The minimum atomic E-state index is 0.784. The molecule has 0 aliphatic rings. The van der Waals surface area contributed by atoms with Crippen molar-refractivity contribution in [3.8, 4) is 22.8 Å². The summed E-state index contributed by atoms with van der Waals surface area (Å²) >= 11 is 1.62. The summed E-state index contributed by atoms with van der Waals surface area (Å²) in [6, 6.07) is 16.2. The lowest BCUT2D eigenvalue weighted by Gasteiger charge is -2.10. The van der Waals surface area contributed by atoms with Gasteiger partial charge in [-0.15, -0.1) is 16.8 Å². The molecule has 0 atom stereocenters. The van der Waals surface area contributed by atoms with Crippen molar-refractivity contribution in [1.29, 1.82) is 0 Å². The summed E-state index contributed by atoms with van der Waals surface area (Å²) in [7, 11) is 1.66. The molecule has 0 saturated carbocycles. The lowest BCUT2D eigenvalue weighted by molar-refractivity contribution is 0.415. The van der Waals surface area contributed by atoms with Crippen LogP contribution in [0.5, 0.6) is 5.75 Å². The first-order valence-corrected chi connectivity index (χ1v) is 8.62. The van der Waals surface area contributed by atoms with Gasteiger partial charge in [-0.1, -0.05) is 35.5 Å². The van der Waals surface area contributed by atoms with Gasteiger partial charge in [-0.25, -0.2) is 0 Å². The second kappa shape index (κ2) is 7.36. The second-order valence-electron chi connectivity index (χ2n) is 5.31. The zero-order chi connectivity index (χ0) is 16.9. The average Bonchev–Trinajstić information content (AvgIpc) is 3.04. The number of aryl methyl sites for hydroxylation is 1. The highest BCUT2D eigenvalue weighted by Crippen LogP contribution is 2.29. The quantitative estimate of drug-likeness (QED) is 0.489. The highest BCUT2D eigenvalue weighted by Gasteiger charge is 2.15. The lowest BCUT2D eigenvalue weighted by Crippen LogP contribution is -2.00. The molecule has 4 nitrogen and oxygen atoms in total. The highest BCUT2D eigenvalue weighted by molar-refractivity contribution is 7.99.